The van der Waals surface area contributed by atoms with Crippen LogP contribution in [0.15, 0.2) is 24.4 Å². The molecular weight excluding hydrogens is 412 g/mol. The van der Waals surface area contributed by atoms with Gasteiger partial charge in [0.25, 0.3) is 0 Å². The fourth-order valence-corrected chi connectivity index (χ4v) is 5.43. The highest BCUT2D eigenvalue weighted by Crippen LogP contribution is 2.35. The van der Waals surface area contributed by atoms with Gasteiger partial charge in [0.05, 0.1) is 13.2 Å². The molecule has 5 rings (SSSR count). The van der Waals surface area contributed by atoms with E-state index in [1.165, 1.54) is 4.88 Å². The Morgan fingerprint density at radius 1 is 1.19 bits per heavy atom. The van der Waals surface area contributed by atoms with Gasteiger partial charge in [-0.05, 0) is 42.7 Å². The Kier molecular flexibility index (Phi) is 5.97. The molecule has 1 N–H and O–H groups in total. The summed E-state index contributed by atoms with van der Waals surface area (Å²) in [5, 5.41) is 25.6. The SMILES string of the molecule is CCc1cnc(C(O)C2CCCN(c3nnnc4cc(N5CCOCC5)ccc34)C2)s1. The van der Waals surface area contributed by atoms with Gasteiger partial charge in [0.1, 0.15) is 16.6 Å². The highest BCUT2D eigenvalue weighted by atomic mass is 32.1. The average molecular weight is 441 g/mol. The number of aromatic nitrogens is 4. The minimum atomic E-state index is -0.540. The summed E-state index contributed by atoms with van der Waals surface area (Å²) in [5.41, 5.74) is 1.99. The van der Waals surface area contributed by atoms with E-state index in [9.17, 15) is 5.11 Å². The van der Waals surface area contributed by atoms with E-state index in [0.717, 1.165) is 86.1 Å². The summed E-state index contributed by atoms with van der Waals surface area (Å²) in [4.78, 5) is 10.2. The van der Waals surface area contributed by atoms with Crippen LogP contribution < -0.4 is 9.80 Å². The fourth-order valence-electron chi connectivity index (χ4n) is 4.49. The van der Waals surface area contributed by atoms with E-state index in [-0.39, 0.29) is 5.92 Å². The zero-order valence-electron chi connectivity index (χ0n) is 17.8. The number of morpholine rings is 1. The van der Waals surface area contributed by atoms with Crippen LogP contribution in [0.25, 0.3) is 10.9 Å². The number of piperidine rings is 1. The van der Waals surface area contributed by atoms with Crippen LogP contribution in [-0.2, 0) is 11.2 Å². The first-order valence-electron chi connectivity index (χ1n) is 11.1. The van der Waals surface area contributed by atoms with Gasteiger partial charge < -0.3 is 19.6 Å². The largest absolute Gasteiger partial charge is 0.386 e. The van der Waals surface area contributed by atoms with Gasteiger partial charge in [0, 0.05) is 54.2 Å². The Hall–Kier alpha value is -2.36. The fraction of sp³-hybridized carbons (Fsp3) is 0.545. The van der Waals surface area contributed by atoms with Gasteiger partial charge in [-0.3, -0.25) is 0 Å². The summed E-state index contributed by atoms with van der Waals surface area (Å²) in [5.74, 6) is 0.978. The lowest BCUT2D eigenvalue weighted by molar-refractivity contribution is 0.0977. The molecule has 2 fully saturated rings. The molecule has 8 nitrogen and oxygen atoms in total. The Balaban J connectivity index is 1.38. The number of hydrogen-bond donors (Lipinski definition) is 1. The molecule has 0 spiro atoms. The number of benzene rings is 1. The number of aryl methyl sites for hydroxylation is 1. The van der Waals surface area contributed by atoms with Crippen LogP contribution >= 0.6 is 11.3 Å². The second kappa shape index (κ2) is 9.02. The van der Waals surface area contributed by atoms with E-state index >= 15 is 0 Å². The number of nitrogens with zero attached hydrogens (tertiary/aromatic N) is 6. The summed E-state index contributed by atoms with van der Waals surface area (Å²) < 4.78 is 5.47. The number of thiazole rings is 1. The number of anilines is 2. The summed E-state index contributed by atoms with van der Waals surface area (Å²) in [6.07, 6.45) is 4.29. The van der Waals surface area contributed by atoms with Crippen molar-refractivity contribution in [1.29, 1.82) is 0 Å². The first-order chi connectivity index (χ1) is 15.2. The monoisotopic (exact) mass is 440 g/mol. The van der Waals surface area contributed by atoms with Crippen molar-refractivity contribution in [1.82, 2.24) is 20.4 Å². The Morgan fingerprint density at radius 2 is 2.06 bits per heavy atom. The third kappa shape index (κ3) is 4.22. The zero-order valence-corrected chi connectivity index (χ0v) is 18.6. The van der Waals surface area contributed by atoms with Crippen LogP contribution in [0.4, 0.5) is 11.5 Å². The lowest BCUT2D eigenvalue weighted by atomic mass is 9.92. The Labute approximate surface area is 185 Å². The first-order valence-corrected chi connectivity index (χ1v) is 11.9. The van der Waals surface area contributed by atoms with Crippen molar-refractivity contribution in [2.75, 3.05) is 49.2 Å². The lowest BCUT2D eigenvalue weighted by Gasteiger charge is -2.35. The molecule has 0 bridgehead atoms. The van der Waals surface area contributed by atoms with Crippen LogP contribution in [0.5, 0.6) is 0 Å². The third-order valence-electron chi connectivity index (χ3n) is 6.27. The smallest absolute Gasteiger partial charge is 0.162 e. The molecule has 2 unspecified atom stereocenters. The molecule has 4 heterocycles. The maximum absolute atomic E-state index is 11.0. The van der Waals surface area contributed by atoms with Crippen molar-refractivity contribution in [3.05, 3.63) is 34.3 Å². The number of fused-ring (bicyclic) bond motifs is 1. The summed E-state index contributed by atoms with van der Waals surface area (Å²) in [6.45, 7) is 7.03. The number of aliphatic hydroxyl groups is 1. The highest BCUT2D eigenvalue weighted by molar-refractivity contribution is 7.11. The molecule has 0 radical (unpaired) electrons. The second-order valence-electron chi connectivity index (χ2n) is 8.23. The third-order valence-corrected chi connectivity index (χ3v) is 7.48. The van der Waals surface area contributed by atoms with Crippen molar-refractivity contribution in [3.63, 3.8) is 0 Å². The number of aliphatic hydroxyl groups excluding tert-OH is 1. The minimum absolute atomic E-state index is 0.127. The second-order valence-corrected chi connectivity index (χ2v) is 9.37. The van der Waals surface area contributed by atoms with Crippen molar-refractivity contribution in [2.24, 2.45) is 5.92 Å². The van der Waals surface area contributed by atoms with Gasteiger partial charge in [0.2, 0.25) is 0 Å². The van der Waals surface area contributed by atoms with Crippen LogP contribution in [0.3, 0.4) is 0 Å². The van der Waals surface area contributed by atoms with E-state index in [1.54, 1.807) is 11.3 Å². The van der Waals surface area contributed by atoms with Crippen LogP contribution in [0.2, 0.25) is 0 Å². The highest BCUT2D eigenvalue weighted by Gasteiger charge is 2.30. The normalized spacial score (nSPS) is 20.9. The minimum Gasteiger partial charge on any atom is -0.386 e. The van der Waals surface area contributed by atoms with Gasteiger partial charge in [-0.1, -0.05) is 6.92 Å². The molecule has 2 atom stereocenters. The number of ether oxygens (including phenoxy) is 1. The first kappa shape index (κ1) is 20.5. The van der Waals surface area contributed by atoms with E-state index in [0.29, 0.717) is 0 Å². The van der Waals surface area contributed by atoms with Gasteiger partial charge in [-0.15, -0.1) is 21.5 Å². The molecule has 31 heavy (non-hydrogen) atoms. The number of rotatable bonds is 5. The zero-order chi connectivity index (χ0) is 21.2. The number of hydrogen-bond acceptors (Lipinski definition) is 9. The summed E-state index contributed by atoms with van der Waals surface area (Å²) in [7, 11) is 0. The van der Waals surface area contributed by atoms with Crippen LogP contribution in [-0.4, -0.2) is 64.9 Å². The summed E-state index contributed by atoms with van der Waals surface area (Å²) >= 11 is 1.62. The molecule has 0 aliphatic carbocycles. The molecule has 2 saturated heterocycles. The Morgan fingerprint density at radius 3 is 2.87 bits per heavy atom. The van der Waals surface area contributed by atoms with Crippen molar-refractivity contribution in [3.8, 4) is 0 Å². The Bertz CT molecular complexity index is 1040. The summed E-state index contributed by atoms with van der Waals surface area (Å²) in [6, 6.07) is 6.33. The average Bonchev–Trinajstić information content (AvgIpc) is 3.33. The van der Waals surface area contributed by atoms with Gasteiger partial charge in [-0.25, -0.2) is 4.98 Å². The molecule has 0 saturated carbocycles. The van der Waals surface area contributed by atoms with Crippen molar-refractivity contribution in [2.45, 2.75) is 32.3 Å². The van der Waals surface area contributed by atoms with E-state index in [1.807, 2.05) is 6.20 Å². The molecular formula is C22H28N6O2S. The van der Waals surface area contributed by atoms with Crippen LogP contribution in [0, 0.1) is 5.92 Å². The topological polar surface area (TPSA) is 87.5 Å². The molecule has 9 heteroatoms. The van der Waals surface area contributed by atoms with Crippen LogP contribution in [0.1, 0.15) is 35.8 Å². The molecule has 1 aromatic carbocycles. The predicted molar refractivity (Wildman–Crippen MR) is 122 cm³/mol. The standard InChI is InChI=1S/C22H28N6O2S/c1-2-17-13-23-22(31-17)20(29)15-4-3-7-28(14-15)21-18-6-5-16(12-19(18)24-26-25-21)27-8-10-30-11-9-27/h5-6,12-13,15,20,29H,2-4,7-11,14H2,1H3. The van der Waals surface area contributed by atoms with Crippen molar-refractivity contribution >= 4 is 33.7 Å². The quantitative estimate of drug-likeness (QED) is 0.648. The molecule has 2 aromatic heterocycles. The molecule has 0 amide bonds. The van der Waals surface area contributed by atoms with Gasteiger partial charge >= 0.3 is 0 Å². The maximum atomic E-state index is 11.0. The molecule has 2 aliphatic rings. The lowest BCUT2D eigenvalue weighted by Crippen LogP contribution is -2.38. The molecule has 164 valence electrons. The molecule has 2 aliphatic heterocycles. The van der Waals surface area contributed by atoms with Crippen molar-refractivity contribution < 1.29 is 9.84 Å². The van der Waals surface area contributed by atoms with E-state index in [4.69, 9.17) is 4.74 Å². The van der Waals surface area contributed by atoms with E-state index < -0.39 is 6.10 Å². The van der Waals surface area contributed by atoms with Gasteiger partial charge in [-0.2, -0.15) is 0 Å². The predicted octanol–water partition coefficient (Wildman–Crippen LogP) is 2.83. The van der Waals surface area contributed by atoms with E-state index in [2.05, 4.69) is 55.3 Å². The van der Waals surface area contributed by atoms with Gasteiger partial charge in [0.15, 0.2) is 5.82 Å². The maximum Gasteiger partial charge on any atom is 0.162 e. The molecule has 3 aromatic rings.